The maximum atomic E-state index is 5.54. The highest BCUT2D eigenvalue weighted by Gasteiger charge is 2.23. The molecular weight excluding hydrogens is 515 g/mol. The first kappa shape index (κ1) is 24.6. The van der Waals surface area contributed by atoms with E-state index in [2.05, 4.69) is 66.0 Å². The molecule has 1 aliphatic rings. The second-order valence-corrected chi connectivity index (χ2v) is 9.51. The minimum atomic E-state index is 0. The molecule has 5 nitrogen and oxygen atoms in total. The Bertz CT molecular complexity index is 729. The molecule has 162 valence electrons. The summed E-state index contributed by atoms with van der Waals surface area (Å²) in [6.07, 6.45) is 1.01. The molecule has 8 heteroatoms. The van der Waals surface area contributed by atoms with Crippen molar-refractivity contribution in [2.75, 3.05) is 39.4 Å². The van der Waals surface area contributed by atoms with Crippen molar-refractivity contribution in [2.45, 2.75) is 39.3 Å². The number of aliphatic imine (C=N–C) groups is 1. The van der Waals surface area contributed by atoms with Gasteiger partial charge in [0.15, 0.2) is 5.96 Å². The zero-order valence-corrected chi connectivity index (χ0v) is 21.5. The molecule has 0 saturated carbocycles. The number of thiophene rings is 2. The number of nitrogens with one attached hydrogen (secondary N) is 2. The van der Waals surface area contributed by atoms with E-state index in [9.17, 15) is 0 Å². The highest BCUT2D eigenvalue weighted by atomic mass is 127. The number of morpholine rings is 1. The van der Waals surface area contributed by atoms with E-state index in [1.165, 1.54) is 14.6 Å². The molecule has 0 aliphatic carbocycles. The van der Waals surface area contributed by atoms with Crippen LogP contribution in [0.25, 0.3) is 0 Å². The molecule has 0 radical (unpaired) electrons. The minimum absolute atomic E-state index is 0. The summed E-state index contributed by atoms with van der Waals surface area (Å²) >= 11 is 3.69. The van der Waals surface area contributed by atoms with Gasteiger partial charge < -0.3 is 15.4 Å². The summed E-state index contributed by atoms with van der Waals surface area (Å²) < 4.78 is 5.54. The molecule has 0 spiro atoms. The summed E-state index contributed by atoms with van der Waals surface area (Å²) in [6, 6.07) is 9.43. The average Bonchev–Trinajstić information content (AvgIpc) is 3.35. The Morgan fingerprint density at radius 3 is 2.69 bits per heavy atom. The number of hydrogen-bond donors (Lipinski definition) is 2. The van der Waals surface area contributed by atoms with Crippen LogP contribution in [-0.2, 0) is 11.2 Å². The third-order valence-electron chi connectivity index (χ3n) is 4.81. The van der Waals surface area contributed by atoms with Gasteiger partial charge in [-0.25, -0.2) is 0 Å². The molecule has 1 fully saturated rings. The second kappa shape index (κ2) is 12.9. The molecule has 1 aliphatic heterocycles. The van der Waals surface area contributed by atoms with Crippen LogP contribution in [0.5, 0.6) is 0 Å². The fourth-order valence-electron chi connectivity index (χ4n) is 3.43. The summed E-state index contributed by atoms with van der Waals surface area (Å²) in [6.45, 7) is 11.7. The Hall–Kier alpha value is -0.680. The molecule has 0 amide bonds. The van der Waals surface area contributed by atoms with Crippen LogP contribution in [0, 0.1) is 6.92 Å². The van der Waals surface area contributed by atoms with E-state index in [0.29, 0.717) is 12.1 Å². The van der Waals surface area contributed by atoms with Gasteiger partial charge in [-0.2, -0.15) is 0 Å². The number of rotatable bonds is 8. The Morgan fingerprint density at radius 2 is 2.07 bits per heavy atom. The summed E-state index contributed by atoms with van der Waals surface area (Å²) in [7, 11) is 0. The summed E-state index contributed by atoms with van der Waals surface area (Å²) in [5.74, 6) is 0.901. The smallest absolute Gasteiger partial charge is 0.191 e. The van der Waals surface area contributed by atoms with Crippen molar-refractivity contribution in [3.05, 3.63) is 44.3 Å². The standard InChI is InChI=1S/C21H32N4OS2.HI/c1-4-22-21(24-16(2)14-18-8-7-17(3)28-18)23-15-19(20-6-5-13-27-20)25-9-11-26-12-10-25;/h5-8,13,16,19H,4,9-12,14-15H2,1-3H3,(H2,22,23,24);1H. The maximum Gasteiger partial charge on any atom is 0.191 e. The molecule has 2 aromatic heterocycles. The van der Waals surface area contributed by atoms with Gasteiger partial charge in [0.2, 0.25) is 0 Å². The van der Waals surface area contributed by atoms with Crippen LogP contribution < -0.4 is 10.6 Å². The van der Waals surface area contributed by atoms with Crippen LogP contribution in [0.3, 0.4) is 0 Å². The zero-order valence-electron chi connectivity index (χ0n) is 17.5. The summed E-state index contributed by atoms with van der Waals surface area (Å²) in [5.41, 5.74) is 0. The van der Waals surface area contributed by atoms with E-state index in [1.54, 1.807) is 0 Å². The van der Waals surface area contributed by atoms with E-state index < -0.39 is 0 Å². The van der Waals surface area contributed by atoms with E-state index in [1.807, 2.05) is 22.7 Å². The number of nitrogens with zero attached hydrogens (tertiary/aromatic N) is 2. The van der Waals surface area contributed by atoms with Gasteiger partial charge in [-0.15, -0.1) is 46.7 Å². The quantitative estimate of drug-likeness (QED) is 0.294. The van der Waals surface area contributed by atoms with Crippen molar-refractivity contribution in [2.24, 2.45) is 4.99 Å². The zero-order chi connectivity index (χ0) is 19.8. The average molecular weight is 549 g/mol. The topological polar surface area (TPSA) is 48.9 Å². The Labute approximate surface area is 200 Å². The lowest BCUT2D eigenvalue weighted by molar-refractivity contribution is 0.0186. The largest absolute Gasteiger partial charge is 0.379 e. The predicted octanol–water partition coefficient (Wildman–Crippen LogP) is 4.30. The van der Waals surface area contributed by atoms with Gasteiger partial charge in [-0.05, 0) is 44.4 Å². The van der Waals surface area contributed by atoms with E-state index in [0.717, 1.165) is 51.8 Å². The lowest BCUT2D eigenvalue weighted by Crippen LogP contribution is -2.44. The monoisotopic (exact) mass is 548 g/mol. The van der Waals surface area contributed by atoms with E-state index >= 15 is 0 Å². The molecule has 2 aromatic rings. The van der Waals surface area contributed by atoms with Crippen molar-refractivity contribution < 1.29 is 4.74 Å². The van der Waals surface area contributed by atoms with Crippen molar-refractivity contribution in [3.8, 4) is 0 Å². The van der Waals surface area contributed by atoms with Crippen molar-refractivity contribution in [1.29, 1.82) is 0 Å². The van der Waals surface area contributed by atoms with Gasteiger partial charge >= 0.3 is 0 Å². The number of ether oxygens (including phenoxy) is 1. The van der Waals surface area contributed by atoms with Crippen LogP contribution in [0.2, 0.25) is 0 Å². The Balaban J connectivity index is 0.00000300. The van der Waals surface area contributed by atoms with Crippen LogP contribution >= 0.6 is 46.7 Å². The van der Waals surface area contributed by atoms with Gasteiger partial charge in [0.25, 0.3) is 0 Å². The van der Waals surface area contributed by atoms with Crippen LogP contribution in [0.4, 0.5) is 0 Å². The second-order valence-electron chi connectivity index (χ2n) is 7.16. The minimum Gasteiger partial charge on any atom is -0.379 e. The highest BCUT2D eigenvalue weighted by Crippen LogP contribution is 2.26. The van der Waals surface area contributed by atoms with Gasteiger partial charge in [-0.1, -0.05) is 6.07 Å². The fourth-order valence-corrected chi connectivity index (χ4v) is 5.31. The molecule has 1 saturated heterocycles. The first-order chi connectivity index (χ1) is 13.7. The number of halogens is 1. The lowest BCUT2D eigenvalue weighted by atomic mass is 10.2. The van der Waals surface area contributed by atoms with Gasteiger partial charge in [0.1, 0.15) is 0 Å². The molecular formula is C21H33IN4OS2. The Morgan fingerprint density at radius 1 is 1.28 bits per heavy atom. The lowest BCUT2D eigenvalue weighted by Gasteiger charge is -2.33. The number of guanidine groups is 1. The third kappa shape index (κ3) is 7.82. The fraction of sp³-hybridized carbons (Fsp3) is 0.571. The van der Waals surface area contributed by atoms with Crippen molar-refractivity contribution >= 4 is 52.6 Å². The SMILES string of the molecule is CCNC(=NCC(c1cccs1)N1CCOCC1)NC(C)Cc1ccc(C)s1.I. The van der Waals surface area contributed by atoms with Gasteiger partial charge in [0, 0.05) is 46.7 Å². The first-order valence-corrected chi connectivity index (χ1v) is 11.8. The molecule has 2 unspecified atom stereocenters. The van der Waals surface area contributed by atoms with E-state index in [-0.39, 0.29) is 24.0 Å². The highest BCUT2D eigenvalue weighted by molar-refractivity contribution is 14.0. The van der Waals surface area contributed by atoms with E-state index in [4.69, 9.17) is 9.73 Å². The third-order valence-corrected chi connectivity index (χ3v) is 6.81. The molecule has 3 rings (SSSR count). The normalized spacial score (nSPS) is 17.4. The molecule has 0 bridgehead atoms. The van der Waals surface area contributed by atoms with Crippen LogP contribution in [0.15, 0.2) is 34.6 Å². The molecule has 2 N–H and O–H groups in total. The maximum absolute atomic E-state index is 5.54. The number of hydrogen-bond acceptors (Lipinski definition) is 5. The predicted molar refractivity (Wildman–Crippen MR) is 136 cm³/mol. The molecule has 2 atom stereocenters. The summed E-state index contributed by atoms with van der Waals surface area (Å²) in [5, 5.41) is 9.15. The summed E-state index contributed by atoms with van der Waals surface area (Å²) in [4.78, 5) is 11.6. The number of aryl methyl sites for hydroxylation is 1. The Kier molecular flexibility index (Phi) is 10.9. The van der Waals surface area contributed by atoms with Gasteiger partial charge in [0.05, 0.1) is 25.8 Å². The van der Waals surface area contributed by atoms with Crippen LogP contribution in [0.1, 0.15) is 34.5 Å². The molecule has 29 heavy (non-hydrogen) atoms. The van der Waals surface area contributed by atoms with Crippen LogP contribution in [-0.4, -0.2) is 56.3 Å². The van der Waals surface area contributed by atoms with Crippen molar-refractivity contribution in [1.82, 2.24) is 15.5 Å². The molecule has 0 aromatic carbocycles. The molecule has 3 heterocycles. The first-order valence-electron chi connectivity index (χ1n) is 10.1. The van der Waals surface area contributed by atoms with Crippen molar-refractivity contribution in [3.63, 3.8) is 0 Å². The van der Waals surface area contributed by atoms with Gasteiger partial charge in [-0.3, -0.25) is 9.89 Å².